The van der Waals surface area contributed by atoms with E-state index in [0.717, 1.165) is 43.3 Å². The molecule has 0 N–H and O–H groups in total. The van der Waals surface area contributed by atoms with Crippen LogP contribution in [0.5, 0.6) is 0 Å². The van der Waals surface area contributed by atoms with Gasteiger partial charge in [-0.25, -0.2) is 9.97 Å². The maximum atomic E-state index is 4.97. The number of rotatable bonds is 3. The standard InChI is InChI=1S/C24H22N4/c1-2-8-19(9-3-1)21-18-24(26-22-11-5-4-10-20(21)22)28-16-14-27(15-17-28)23-12-6-7-13-25-23/h1-13,18H,14-17H2. The van der Waals surface area contributed by atoms with Crippen LogP contribution in [-0.2, 0) is 0 Å². The lowest BCUT2D eigenvalue weighted by molar-refractivity contribution is 0.642. The molecule has 2 aromatic carbocycles. The van der Waals surface area contributed by atoms with E-state index in [1.165, 1.54) is 16.5 Å². The van der Waals surface area contributed by atoms with Gasteiger partial charge >= 0.3 is 0 Å². The fourth-order valence-electron chi connectivity index (χ4n) is 3.89. The van der Waals surface area contributed by atoms with Crippen molar-refractivity contribution in [3.8, 4) is 11.1 Å². The highest BCUT2D eigenvalue weighted by Crippen LogP contribution is 2.31. The number of hydrogen-bond acceptors (Lipinski definition) is 4. The molecule has 0 aliphatic carbocycles. The zero-order chi connectivity index (χ0) is 18.8. The maximum absolute atomic E-state index is 4.97. The third-order valence-electron chi connectivity index (χ3n) is 5.36. The Hall–Kier alpha value is -3.40. The van der Waals surface area contributed by atoms with Gasteiger partial charge in [-0.2, -0.15) is 0 Å². The van der Waals surface area contributed by atoms with Crippen molar-refractivity contribution >= 4 is 22.5 Å². The van der Waals surface area contributed by atoms with Gasteiger partial charge < -0.3 is 9.80 Å². The van der Waals surface area contributed by atoms with Crippen molar-refractivity contribution < 1.29 is 0 Å². The molecule has 1 aliphatic rings. The van der Waals surface area contributed by atoms with E-state index < -0.39 is 0 Å². The van der Waals surface area contributed by atoms with Crippen molar-refractivity contribution in [2.45, 2.75) is 0 Å². The van der Waals surface area contributed by atoms with Crippen molar-refractivity contribution in [1.29, 1.82) is 0 Å². The Morgan fingerprint density at radius 1 is 0.643 bits per heavy atom. The van der Waals surface area contributed by atoms with Crippen LogP contribution in [0.25, 0.3) is 22.0 Å². The second-order valence-electron chi connectivity index (χ2n) is 7.07. The summed E-state index contributed by atoms with van der Waals surface area (Å²) in [5, 5.41) is 1.20. The zero-order valence-electron chi connectivity index (χ0n) is 15.7. The van der Waals surface area contributed by atoms with Crippen LogP contribution in [0.2, 0.25) is 0 Å². The molecule has 3 heterocycles. The normalized spacial score (nSPS) is 14.4. The van der Waals surface area contributed by atoms with Crippen molar-refractivity contribution in [1.82, 2.24) is 9.97 Å². The first-order valence-electron chi connectivity index (χ1n) is 9.75. The summed E-state index contributed by atoms with van der Waals surface area (Å²) in [6.45, 7) is 3.78. The molecular formula is C24H22N4. The summed E-state index contributed by atoms with van der Waals surface area (Å²) in [5.74, 6) is 2.11. The van der Waals surface area contributed by atoms with Crippen LogP contribution in [0, 0.1) is 0 Å². The molecule has 0 saturated carbocycles. The van der Waals surface area contributed by atoms with E-state index in [-0.39, 0.29) is 0 Å². The van der Waals surface area contributed by atoms with Gasteiger partial charge in [0.1, 0.15) is 11.6 Å². The SMILES string of the molecule is c1ccc(-c2cc(N3CCN(c4ccccn4)CC3)nc3ccccc23)cc1. The number of anilines is 2. The van der Waals surface area contributed by atoms with E-state index in [1.54, 1.807) is 0 Å². The molecule has 0 spiro atoms. The summed E-state index contributed by atoms with van der Waals surface area (Å²) in [5.41, 5.74) is 3.52. The van der Waals surface area contributed by atoms with Crippen LogP contribution in [0.4, 0.5) is 11.6 Å². The minimum atomic E-state index is 0.941. The zero-order valence-corrected chi connectivity index (χ0v) is 15.7. The summed E-state index contributed by atoms with van der Waals surface area (Å²) in [6.07, 6.45) is 1.86. The minimum Gasteiger partial charge on any atom is -0.353 e. The first-order valence-corrected chi connectivity index (χ1v) is 9.75. The van der Waals surface area contributed by atoms with E-state index in [4.69, 9.17) is 4.98 Å². The Morgan fingerprint density at radius 3 is 2.07 bits per heavy atom. The molecule has 1 saturated heterocycles. The van der Waals surface area contributed by atoms with Crippen molar-refractivity contribution in [2.75, 3.05) is 36.0 Å². The number of para-hydroxylation sites is 1. The molecule has 4 aromatic rings. The summed E-state index contributed by atoms with van der Waals surface area (Å²) in [4.78, 5) is 14.2. The molecule has 1 fully saturated rings. The average Bonchev–Trinajstić information content (AvgIpc) is 2.79. The Balaban J connectivity index is 1.47. The van der Waals surface area contributed by atoms with Gasteiger partial charge in [0.05, 0.1) is 5.52 Å². The largest absolute Gasteiger partial charge is 0.353 e. The minimum absolute atomic E-state index is 0.941. The molecule has 0 radical (unpaired) electrons. The Kier molecular flexibility index (Phi) is 4.37. The number of piperazine rings is 1. The maximum Gasteiger partial charge on any atom is 0.129 e. The highest BCUT2D eigenvalue weighted by molar-refractivity contribution is 5.96. The molecular weight excluding hydrogens is 344 g/mol. The summed E-state index contributed by atoms with van der Waals surface area (Å²) in [6, 6.07) is 27.3. The predicted molar refractivity (Wildman–Crippen MR) is 116 cm³/mol. The summed E-state index contributed by atoms with van der Waals surface area (Å²) < 4.78 is 0. The second-order valence-corrected chi connectivity index (χ2v) is 7.07. The topological polar surface area (TPSA) is 32.3 Å². The highest BCUT2D eigenvalue weighted by atomic mass is 15.3. The lowest BCUT2D eigenvalue weighted by Crippen LogP contribution is -2.47. The van der Waals surface area contributed by atoms with Gasteiger partial charge in [-0.3, -0.25) is 0 Å². The Bertz CT molecular complexity index is 1070. The van der Waals surface area contributed by atoms with E-state index in [2.05, 4.69) is 81.5 Å². The quantitative estimate of drug-likeness (QED) is 0.529. The van der Waals surface area contributed by atoms with Gasteiger partial charge in [0.25, 0.3) is 0 Å². The van der Waals surface area contributed by atoms with Crippen LogP contribution in [0.3, 0.4) is 0 Å². The van der Waals surface area contributed by atoms with E-state index in [9.17, 15) is 0 Å². The first kappa shape index (κ1) is 16.8. The molecule has 0 amide bonds. The molecule has 138 valence electrons. The monoisotopic (exact) mass is 366 g/mol. The van der Waals surface area contributed by atoms with Gasteiger partial charge in [-0.05, 0) is 35.4 Å². The third kappa shape index (κ3) is 3.18. The average molecular weight is 366 g/mol. The van der Waals surface area contributed by atoms with Crippen molar-refractivity contribution in [2.24, 2.45) is 0 Å². The molecule has 2 aromatic heterocycles. The molecule has 5 rings (SSSR count). The van der Waals surface area contributed by atoms with Gasteiger partial charge in [0.2, 0.25) is 0 Å². The molecule has 0 bridgehead atoms. The van der Waals surface area contributed by atoms with Crippen LogP contribution in [0.1, 0.15) is 0 Å². The number of aromatic nitrogens is 2. The van der Waals surface area contributed by atoms with Crippen LogP contribution in [-0.4, -0.2) is 36.1 Å². The smallest absolute Gasteiger partial charge is 0.129 e. The molecule has 0 unspecified atom stereocenters. The Morgan fingerprint density at radius 2 is 1.32 bits per heavy atom. The summed E-state index contributed by atoms with van der Waals surface area (Å²) in [7, 11) is 0. The third-order valence-corrected chi connectivity index (χ3v) is 5.36. The second kappa shape index (κ2) is 7.31. The molecule has 0 atom stereocenters. The van der Waals surface area contributed by atoms with Crippen LogP contribution < -0.4 is 9.80 Å². The predicted octanol–water partition coefficient (Wildman–Crippen LogP) is 4.62. The number of pyridine rings is 2. The van der Waals surface area contributed by atoms with Gasteiger partial charge in [0.15, 0.2) is 0 Å². The van der Waals surface area contributed by atoms with Crippen molar-refractivity contribution in [3.63, 3.8) is 0 Å². The van der Waals surface area contributed by atoms with E-state index >= 15 is 0 Å². The molecule has 4 heteroatoms. The number of benzene rings is 2. The van der Waals surface area contributed by atoms with Gasteiger partial charge in [-0.1, -0.05) is 54.6 Å². The first-order chi connectivity index (χ1) is 13.9. The lowest BCUT2D eigenvalue weighted by atomic mass is 10.0. The van der Waals surface area contributed by atoms with Crippen LogP contribution in [0.15, 0.2) is 85.1 Å². The van der Waals surface area contributed by atoms with E-state index in [1.807, 2.05) is 18.3 Å². The van der Waals surface area contributed by atoms with Crippen LogP contribution >= 0.6 is 0 Å². The number of fused-ring (bicyclic) bond motifs is 1. The molecule has 4 nitrogen and oxygen atoms in total. The lowest BCUT2D eigenvalue weighted by Gasteiger charge is -2.36. The van der Waals surface area contributed by atoms with Gasteiger partial charge in [-0.15, -0.1) is 0 Å². The highest BCUT2D eigenvalue weighted by Gasteiger charge is 2.20. The number of hydrogen-bond donors (Lipinski definition) is 0. The fraction of sp³-hybridized carbons (Fsp3) is 0.167. The summed E-state index contributed by atoms with van der Waals surface area (Å²) >= 11 is 0. The van der Waals surface area contributed by atoms with Gasteiger partial charge in [0, 0.05) is 37.8 Å². The molecule has 28 heavy (non-hydrogen) atoms. The van der Waals surface area contributed by atoms with Crippen molar-refractivity contribution in [3.05, 3.63) is 85.1 Å². The van der Waals surface area contributed by atoms with E-state index in [0.29, 0.717) is 0 Å². The Labute approximate surface area is 165 Å². The number of nitrogens with zero attached hydrogens (tertiary/aromatic N) is 4. The molecule has 1 aliphatic heterocycles. The fourth-order valence-corrected chi connectivity index (χ4v) is 3.89.